The number of aliphatic carboxylic acids is 2. The number of hydrogen-bond donors (Lipinski definition) is 8. The molecular formula is C49H103N5O13S. The summed E-state index contributed by atoms with van der Waals surface area (Å²) in [6, 6.07) is -0.227. The van der Waals surface area contributed by atoms with Gasteiger partial charge in [0, 0.05) is 32.5 Å². The third kappa shape index (κ3) is 77.0. The first-order valence-corrected chi connectivity index (χ1v) is 25.4. The minimum absolute atomic E-state index is 0. The summed E-state index contributed by atoms with van der Waals surface area (Å²) in [6.07, 6.45) is 21.5. The zero-order chi connectivity index (χ0) is 51.9. The van der Waals surface area contributed by atoms with Crippen LogP contribution in [0.2, 0.25) is 0 Å². The number of hydrogen-bond acceptors (Lipinski definition) is 14. The van der Waals surface area contributed by atoms with Gasteiger partial charge in [-0.15, -0.1) is 0 Å². The smallest absolute Gasteiger partial charge is 0.306 e. The molecule has 408 valence electrons. The molecule has 68 heavy (non-hydrogen) atoms. The van der Waals surface area contributed by atoms with Crippen molar-refractivity contribution in [1.29, 1.82) is 0 Å². The van der Waals surface area contributed by atoms with Crippen LogP contribution in [0.1, 0.15) is 184 Å². The third-order valence-electron chi connectivity index (χ3n) is 9.08. The van der Waals surface area contributed by atoms with Gasteiger partial charge in [0.1, 0.15) is 25.8 Å². The molecule has 0 aliphatic heterocycles. The topological polar surface area (TPSA) is 271 Å². The maximum atomic E-state index is 11.9. The fourth-order valence-corrected chi connectivity index (χ4v) is 5.87. The lowest BCUT2D eigenvalue weighted by Crippen LogP contribution is -2.29. The van der Waals surface area contributed by atoms with Crippen LogP contribution in [0.3, 0.4) is 0 Å². The van der Waals surface area contributed by atoms with Gasteiger partial charge in [-0.2, -0.15) is 0 Å². The summed E-state index contributed by atoms with van der Waals surface area (Å²) in [6.45, 7) is 16.4. The van der Waals surface area contributed by atoms with Gasteiger partial charge in [0.15, 0.2) is 0 Å². The molecule has 2 atom stereocenters. The second-order valence-corrected chi connectivity index (χ2v) is 14.5. The van der Waals surface area contributed by atoms with Crippen LogP contribution >= 0.6 is 12.8 Å². The molecule has 0 saturated heterocycles. The number of nitrogens with one attached hydrogen (secondary N) is 4. The van der Waals surface area contributed by atoms with Crippen molar-refractivity contribution in [2.24, 2.45) is 11.7 Å². The van der Waals surface area contributed by atoms with E-state index in [4.69, 9.17) is 28.8 Å². The summed E-state index contributed by atoms with van der Waals surface area (Å²) < 4.78 is 23.3. The molecule has 19 heteroatoms. The molecule has 0 fully saturated rings. The second-order valence-electron chi connectivity index (χ2n) is 14.3. The van der Waals surface area contributed by atoms with Crippen molar-refractivity contribution in [3.63, 3.8) is 0 Å². The predicted molar refractivity (Wildman–Crippen MR) is 278 cm³/mol. The van der Waals surface area contributed by atoms with E-state index in [-0.39, 0.29) is 51.3 Å². The number of unbranched alkanes of at least 4 members (excludes halogenated alkanes) is 14. The van der Waals surface area contributed by atoms with Gasteiger partial charge in [-0.1, -0.05) is 145 Å². The van der Waals surface area contributed by atoms with Gasteiger partial charge in [0.25, 0.3) is 0 Å². The highest BCUT2D eigenvalue weighted by molar-refractivity contribution is 7.78. The van der Waals surface area contributed by atoms with Crippen molar-refractivity contribution in [2.75, 3.05) is 79.5 Å². The van der Waals surface area contributed by atoms with Gasteiger partial charge in [0.2, 0.25) is 18.2 Å². The van der Waals surface area contributed by atoms with E-state index >= 15 is 0 Å². The Labute approximate surface area is 418 Å². The van der Waals surface area contributed by atoms with Crippen molar-refractivity contribution in [3.05, 3.63) is 0 Å². The van der Waals surface area contributed by atoms with Gasteiger partial charge in [-0.25, -0.2) is 0 Å². The Balaban J connectivity index is -0.000000203. The standard InChI is InChI=1S/C28H51NO8.C13H27N3O4S.3C2H6.CH3NO.CH4/c30-20-22-37-24-23-36-21-19-29-26(31)18-17-25(28(34)35)15-13-11-9-7-5-3-1-2-4-6-8-10-12-14-16-27(32)33;1-14-6-7-19-8-9-20-11-13(18)15-5-3-2-4-12(10-17)16-21;3*1-2;2-1-3;/h20,25H,1-19,21-24H2,(H,29,31)(H,32,33)(H,34,35);10,12,14,16,21H,2-9,11H2,1H3,(H,15,18);3*1-2H3;1H,(H2,2,3);1H4. The molecule has 0 saturated carbocycles. The zero-order valence-corrected chi connectivity index (χ0v) is 43.8. The van der Waals surface area contributed by atoms with Crippen LogP contribution in [-0.2, 0) is 52.5 Å². The fraction of sp³-hybridized carbons (Fsp3) is 0.857. The number of carbonyl (C=O) groups is 7. The first-order chi connectivity index (χ1) is 32.6. The van der Waals surface area contributed by atoms with Crippen LogP contribution in [-0.4, -0.2) is 139 Å². The highest BCUT2D eigenvalue weighted by Gasteiger charge is 2.18. The molecule has 3 amide bonds. The Bertz CT molecular complexity index is 1050. The number of amides is 3. The summed E-state index contributed by atoms with van der Waals surface area (Å²) in [7, 11) is 1.86. The van der Waals surface area contributed by atoms with Gasteiger partial charge >= 0.3 is 11.9 Å². The minimum atomic E-state index is -0.827. The molecule has 18 nitrogen and oxygen atoms in total. The Hall–Kier alpha value is -3.20. The summed E-state index contributed by atoms with van der Waals surface area (Å²) >= 11 is 3.85. The van der Waals surface area contributed by atoms with Crippen LogP contribution in [0, 0.1) is 5.92 Å². The summed E-state index contributed by atoms with van der Waals surface area (Å²) in [5, 5.41) is 26.5. The molecule has 2 unspecified atom stereocenters. The summed E-state index contributed by atoms with van der Waals surface area (Å²) in [5.41, 5.74) is 4.17. The van der Waals surface area contributed by atoms with E-state index in [0.29, 0.717) is 84.7 Å². The highest BCUT2D eigenvalue weighted by atomic mass is 32.1. The van der Waals surface area contributed by atoms with Gasteiger partial charge < -0.3 is 60.4 Å². The SMILES string of the molecule is C.CC.CC.CC.CNCCOCCOCC(=O)NCCCCC(C=O)NS.NC=O.O=CCOCCOCCNC(=O)CCC(CCCCCCCCCCCCCCCCC(=O)O)C(=O)O. The van der Waals surface area contributed by atoms with E-state index in [9.17, 15) is 33.9 Å². The second kappa shape index (κ2) is 75.3. The molecule has 0 radical (unpaired) electrons. The molecule has 0 aromatic rings. The number of aldehydes is 2. The summed E-state index contributed by atoms with van der Waals surface area (Å²) in [4.78, 5) is 74.5. The predicted octanol–water partition coefficient (Wildman–Crippen LogP) is 7.49. The quantitative estimate of drug-likeness (QED) is 0.0167. The first kappa shape index (κ1) is 79.0. The number of carboxylic acid groups (broad SMARTS) is 2. The molecule has 0 aliphatic carbocycles. The molecule has 0 aliphatic rings. The Kier molecular flexibility index (Phi) is 87.4. The number of thiol groups is 1. The number of carboxylic acids is 2. The molecule has 8 N–H and O–H groups in total. The van der Waals surface area contributed by atoms with Crippen LogP contribution in [0.5, 0.6) is 0 Å². The zero-order valence-electron chi connectivity index (χ0n) is 42.9. The molecule has 0 rings (SSSR count). The lowest BCUT2D eigenvalue weighted by atomic mass is 9.95. The van der Waals surface area contributed by atoms with Gasteiger partial charge in [-0.3, -0.25) is 28.7 Å². The van der Waals surface area contributed by atoms with Crippen LogP contribution in [0.25, 0.3) is 0 Å². The number of nitrogens with two attached hydrogens (primary N) is 1. The maximum absolute atomic E-state index is 11.9. The molecule has 0 bridgehead atoms. The van der Waals surface area contributed by atoms with E-state index < -0.39 is 17.9 Å². The molecule has 0 aromatic heterocycles. The Morgan fingerprint density at radius 3 is 1.46 bits per heavy atom. The number of primary amides is 1. The average Bonchev–Trinajstić information content (AvgIpc) is 3.33. The Morgan fingerprint density at radius 2 is 1.00 bits per heavy atom. The normalized spacial score (nSPS) is 10.6. The van der Waals surface area contributed by atoms with Crippen molar-refractivity contribution in [2.45, 2.75) is 190 Å². The van der Waals surface area contributed by atoms with Crippen LogP contribution < -0.4 is 26.4 Å². The average molecular weight is 1000 g/mol. The highest BCUT2D eigenvalue weighted by Crippen LogP contribution is 2.18. The van der Waals surface area contributed by atoms with Crippen LogP contribution in [0.4, 0.5) is 0 Å². The molecular weight excluding hydrogens is 899 g/mol. The monoisotopic (exact) mass is 1000 g/mol. The van der Waals surface area contributed by atoms with Gasteiger partial charge in [0.05, 0.1) is 51.6 Å². The number of rotatable bonds is 44. The molecule has 0 aromatic carbocycles. The fourth-order valence-electron chi connectivity index (χ4n) is 5.68. The van der Waals surface area contributed by atoms with E-state index in [1.165, 1.54) is 51.4 Å². The van der Waals surface area contributed by atoms with Gasteiger partial charge in [-0.05, 0) is 45.6 Å². The first-order valence-electron chi connectivity index (χ1n) is 25.0. The van der Waals surface area contributed by atoms with Crippen LogP contribution in [0.15, 0.2) is 0 Å². The minimum Gasteiger partial charge on any atom is -0.481 e. The Morgan fingerprint density at radius 1 is 0.559 bits per heavy atom. The van der Waals surface area contributed by atoms with Crippen molar-refractivity contribution in [3.8, 4) is 0 Å². The van der Waals surface area contributed by atoms with E-state index in [0.717, 1.165) is 64.2 Å². The molecule has 0 spiro atoms. The largest absolute Gasteiger partial charge is 0.481 e. The van der Waals surface area contributed by atoms with E-state index in [2.05, 4.69) is 39.2 Å². The van der Waals surface area contributed by atoms with Crippen molar-refractivity contribution >= 4 is 55.6 Å². The lowest BCUT2D eigenvalue weighted by Gasteiger charge is -2.12. The molecule has 0 heterocycles. The lowest BCUT2D eigenvalue weighted by molar-refractivity contribution is -0.142. The number of carbonyl (C=O) groups excluding carboxylic acids is 5. The number of ether oxygens (including phenoxy) is 4. The maximum Gasteiger partial charge on any atom is 0.306 e. The van der Waals surface area contributed by atoms with Crippen molar-refractivity contribution < 1.29 is 62.7 Å². The van der Waals surface area contributed by atoms with E-state index in [1.807, 2.05) is 48.6 Å². The number of likely N-dealkylation sites (N-methyl/N-ethyl adjacent to an activating group) is 1. The van der Waals surface area contributed by atoms with Crippen molar-refractivity contribution in [1.82, 2.24) is 20.7 Å². The summed E-state index contributed by atoms with van der Waals surface area (Å²) in [5.74, 6) is -2.30. The van der Waals surface area contributed by atoms with E-state index in [1.54, 1.807) is 0 Å². The third-order valence-corrected chi connectivity index (χ3v) is 9.42.